The van der Waals surface area contributed by atoms with Crippen molar-refractivity contribution >= 4 is 35.1 Å². The van der Waals surface area contributed by atoms with Crippen molar-refractivity contribution in [2.75, 3.05) is 25.5 Å². The maximum Gasteiger partial charge on any atom is 0.337 e. The van der Waals surface area contributed by atoms with Gasteiger partial charge < -0.3 is 15.0 Å². The number of methoxy groups -OCH3 is 1. The van der Waals surface area contributed by atoms with Gasteiger partial charge in [-0.15, -0.1) is 0 Å². The van der Waals surface area contributed by atoms with Crippen molar-refractivity contribution in [2.45, 2.75) is 12.8 Å². The minimum atomic E-state index is -0.521. The van der Waals surface area contributed by atoms with Gasteiger partial charge in [-0.05, 0) is 55.3 Å². The lowest BCUT2D eigenvalue weighted by Gasteiger charge is -2.15. The fourth-order valence-electron chi connectivity index (χ4n) is 2.93. The molecule has 0 bridgehead atoms. The average Bonchev–Trinajstić information content (AvgIpc) is 3.23. The minimum Gasteiger partial charge on any atom is -0.465 e. The van der Waals surface area contributed by atoms with Crippen LogP contribution in [0.4, 0.5) is 5.69 Å². The molecule has 2 amide bonds. The standard InChI is InChI=1S/C20H19ClN2O4/c1-27-20(26)15-8-9-16(21)17(12-15)22-18(24)13-4-6-14(7-5-13)19(25)23-10-2-3-11-23/h4-9,12H,2-3,10-11H2,1H3,(H,22,24). The van der Waals surface area contributed by atoms with Gasteiger partial charge in [-0.25, -0.2) is 4.79 Å². The van der Waals surface area contributed by atoms with Crippen molar-refractivity contribution in [3.05, 3.63) is 64.2 Å². The van der Waals surface area contributed by atoms with Crippen LogP contribution in [0.5, 0.6) is 0 Å². The number of rotatable bonds is 4. The Morgan fingerprint density at radius 1 is 0.963 bits per heavy atom. The predicted molar refractivity (Wildman–Crippen MR) is 102 cm³/mol. The fraction of sp³-hybridized carbons (Fsp3) is 0.250. The van der Waals surface area contributed by atoms with Crippen molar-refractivity contribution < 1.29 is 19.1 Å². The highest BCUT2D eigenvalue weighted by molar-refractivity contribution is 6.34. The summed E-state index contributed by atoms with van der Waals surface area (Å²) in [5, 5.41) is 2.98. The Labute approximate surface area is 162 Å². The lowest BCUT2D eigenvalue weighted by Crippen LogP contribution is -2.27. The number of carbonyl (C=O) groups excluding carboxylic acids is 3. The molecular weight excluding hydrogens is 368 g/mol. The lowest BCUT2D eigenvalue weighted by molar-refractivity contribution is 0.0600. The zero-order valence-corrected chi connectivity index (χ0v) is 15.6. The largest absolute Gasteiger partial charge is 0.465 e. The molecule has 2 aromatic rings. The number of benzene rings is 2. The van der Waals surface area contributed by atoms with Crippen LogP contribution in [0, 0.1) is 0 Å². The molecule has 7 heteroatoms. The summed E-state index contributed by atoms with van der Waals surface area (Å²) in [5.74, 6) is -0.931. The Kier molecular flexibility index (Phi) is 5.76. The molecule has 2 aromatic carbocycles. The maximum atomic E-state index is 12.5. The summed E-state index contributed by atoms with van der Waals surface area (Å²) in [5.41, 5.74) is 1.53. The van der Waals surface area contributed by atoms with Gasteiger partial charge in [0.2, 0.25) is 0 Å². The molecule has 3 rings (SSSR count). The fourth-order valence-corrected chi connectivity index (χ4v) is 3.09. The molecule has 0 aliphatic carbocycles. The van der Waals surface area contributed by atoms with Gasteiger partial charge in [0, 0.05) is 24.2 Å². The van der Waals surface area contributed by atoms with Gasteiger partial charge in [-0.2, -0.15) is 0 Å². The molecule has 0 atom stereocenters. The highest BCUT2D eigenvalue weighted by Gasteiger charge is 2.20. The Balaban J connectivity index is 1.73. The van der Waals surface area contributed by atoms with Gasteiger partial charge in [-0.3, -0.25) is 9.59 Å². The van der Waals surface area contributed by atoms with E-state index >= 15 is 0 Å². The highest BCUT2D eigenvalue weighted by Crippen LogP contribution is 2.24. The number of hydrogen-bond acceptors (Lipinski definition) is 4. The lowest BCUT2D eigenvalue weighted by atomic mass is 10.1. The minimum absolute atomic E-state index is 0.0201. The van der Waals surface area contributed by atoms with Gasteiger partial charge in [0.15, 0.2) is 0 Å². The van der Waals surface area contributed by atoms with Crippen LogP contribution in [0.15, 0.2) is 42.5 Å². The van der Waals surface area contributed by atoms with Crippen LogP contribution in [0.25, 0.3) is 0 Å². The second-order valence-corrected chi connectivity index (χ2v) is 6.62. The van der Waals surface area contributed by atoms with Gasteiger partial charge in [0.1, 0.15) is 0 Å². The number of ether oxygens (including phenoxy) is 1. The van der Waals surface area contributed by atoms with Crippen molar-refractivity contribution in [2.24, 2.45) is 0 Å². The Morgan fingerprint density at radius 2 is 1.56 bits per heavy atom. The monoisotopic (exact) mass is 386 g/mol. The molecule has 6 nitrogen and oxygen atoms in total. The molecule has 0 radical (unpaired) electrons. The normalized spacial score (nSPS) is 13.3. The van der Waals surface area contributed by atoms with E-state index in [9.17, 15) is 14.4 Å². The van der Waals surface area contributed by atoms with Crippen LogP contribution in [0.2, 0.25) is 5.02 Å². The van der Waals surface area contributed by atoms with E-state index in [1.165, 1.54) is 25.3 Å². The first kappa shape index (κ1) is 18.9. The molecule has 1 N–H and O–H groups in total. The molecule has 1 saturated heterocycles. The SMILES string of the molecule is COC(=O)c1ccc(Cl)c(NC(=O)c2ccc(C(=O)N3CCCC3)cc2)c1. The Morgan fingerprint density at radius 3 is 2.19 bits per heavy atom. The number of hydrogen-bond donors (Lipinski definition) is 1. The van der Waals surface area contributed by atoms with Crippen molar-refractivity contribution in [1.82, 2.24) is 4.90 Å². The first-order valence-electron chi connectivity index (χ1n) is 8.58. The van der Waals surface area contributed by atoms with E-state index in [-0.39, 0.29) is 17.4 Å². The number of anilines is 1. The second kappa shape index (κ2) is 8.22. The molecular formula is C20H19ClN2O4. The van der Waals surface area contributed by atoms with Crippen LogP contribution in [-0.4, -0.2) is 42.9 Å². The molecule has 140 valence electrons. The van der Waals surface area contributed by atoms with Crippen molar-refractivity contribution in [3.63, 3.8) is 0 Å². The second-order valence-electron chi connectivity index (χ2n) is 6.22. The van der Waals surface area contributed by atoms with E-state index in [1.54, 1.807) is 24.3 Å². The van der Waals surface area contributed by atoms with Gasteiger partial charge in [0.05, 0.1) is 23.4 Å². The van der Waals surface area contributed by atoms with Gasteiger partial charge in [0.25, 0.3) is 11.8 Å². The average molecular weight is 387 g/mol. The Bertz CT molecular complexity index is 874. The molecule has 0 spiro atoms. The quantitative estimate of drug-likeness (QED) is 0.814. The third kappa shape index (κ3) is 4.28. The third-order valence-corrected chi connectivity index (χ3v) is 4.75. The summed E-state index contributed by atoms with van der Waals surface area (Å²) in [6.45, 7) is 1.55. The third-order valence-electron chi connectivity index (χ3n) is 4.42. The summed E-state index contributed by atoms with van der Waals surface area (Å²) < 4.78 is 4.67. The number of likely N-dealkylation sites (tertiary alicyclic amines) is 1. The van der Waals surface area contributed by atoms with E-state index in [2.05, 4.69) is 10.1 Å². The summed E-state index contributed by atoms with van der Waals surface area (Å²) in [4.78, 5) is 38.3. The first-order chi connectivity index (χ1) is 13.0. The topological polar surface area (TPSA) is 75.7 Å². The Hall–Kier alpha value is -2.86. The van der Waals surface area contributed by atoms with Crippen LogP contribution in [0.3, 0.4) is 0 Å². The highest BCUT2D eigenvalue weighted by atomic mass is 35.5. The smallest absolute Gasteiger partial charge is 0.337 e. The molecule has 0 unspecified atom stereocenters. The van der Waals surface area contributed by atoms with Crippen molar-refractivity contribution in [1.29, 1.82) is 0 Å². The molecule has 1 fully saturated rings. The zero-order valence-electron chi connectivity index (χ0n) is 14.8. The zero-order chi connectivity index (χ0) is 19.4. The number of halogens is 1. The number of esters is 1. The number of amides is 2. The summed E-state index contributed by atoms with van der Waals surface area (Å²) >= 11 is 6.10. The molecule has 27 heavy (non-hydrogen) atoms. The summed E-state index contributed by atoms with van der Waals surface area (Å²) in [6.07, 6.45) is 2.05. The van der Waals surface area contributed by atoms with Gasteiger partial charge >= 0.3 is 5.97 Å². The van der Waals surface area contributed by atoms with Crippen LogP contribution >= 0.6 is 11.6 Å². The first-order valence-corrected chi connectivity index (χ1v) is 8.96. The number of carbonyl (C=O) groups is 3. The predicted octanol–water partition coefficient (Wildman–Crippen LogP) is 3.61. The number of nitrogens with one attached hydrogen (secondary N) is 1. The molecule has 0 aromatic heterocycles. The van der Waals surface area contributed by atoms with Crippen LogP contribution in [0.1, 0.15) is 43.9 Å². The van der Waals surface area contributed by atoms with E-state index in [4.69, 9.17) is 11.6 Å². The number of nitrogens with zero attached hydrogens (tertiary/aromatic N) is 1. The van der Waals surface area contributed by atoms with E-state index < -0.39 is 5.97 Å². The summed E-state index contributed by atoms with van der Waals surface area (Å²) in [7, 11) is 1.28. The summed E-state index contributed by atoms with van der Waals surface area (Å²) in [6, 6.07) is 11.0. The van der Waals surface area contributed by atoms with Crippen LogP contribution < -0.4 is 5.32 Å². The van der Waals surface area contributed by atoms with E-state index in [0.29, 0.717) is 21.8 Å². The molecule has 1 aliphatic rings. The van der Waals surface area contributed by atoms with E-state index in [1.807, 2.05) is 4.90 Å². The molecule has 0 saturated carbocycles. The van der Waals surface area contributed by atoms with Crippen LogP contribution in [-0.2, 0) is 4.74 Å². The van der Waals surface area contributed by atoms with Crippen molar-refractivity contribution in [3.8, 4) is 0 Å². The maximum absolute atomic E-state index is 12.5. The molecule has 1 heterocycles. The van der Waals surface area contributed by atoms with Gasteiger partial charge in [-0.1, -0.05) is 11.6 Å². The molecule has 1 aliphatic heterocycles. The van der Waals surface area contributed by atoms with E-state index in [0.717, 1.165) is 25.9 Å².